The minimum absolute atomic E-state index is 0.989. The Morgan fingerprint density at radius 1 is 0.543 bits per heavy atom. The fourth-order valence-corrected chi connectivity index (χ4v) is 6.73. The highest BCUT2D eigenvalue weighted by Gasteiger charge is 2.29. The average molecular weight is 445 g/mol. The fourth-order valence-electron chi connectivity index (χ4n) is 6.73. The predicted octanol–water partition coefficient (Wildman–Crippen LogP) is 7.94. The van der Waals surface area contributed by atoms with Gasteiger partial charge in [0.2, 0.25) is 0 Å². The molecule has 0 bridgehead atoms. The van der Waals surface area contributed by atoms with Crippen LogP contribution in [-0.2, 0) is 12.8 Å². The highest BCUT2D eigenvalue weighted by molar-refractivity contribution is 6.14. The molecule has 2 heteroatoms. The summed E-state index contributed by atoms with van der Waals surface area (Å²) < 4.78 is 2.37. The first-order valence-corrected chi connectivity index (χ1v) is 12.3. The maximum Gasteiger partial charge on any atom is 0.146 e. The quantitative estimate of drug-likeness (QED) is 0.217. The Bertz CT molecular complexity index is 2060. The van der Waals surface area contributed by atoms with Crippen LogP contribution < -0.4 is 0 Å². The van der Waals surface area contributed by atoms with Crippen molar-refractivity contribution in [2.24, 2.45) is 0 Å². The highest BCUT2D eigenvalue weighted by atomic mass is 15.0. The largest absolute Gasteiger partial charge is 0.292 e. The molecule has 0 radical (unpaired) electrons. The van der Waals surface area contributed by atoms with E-state index in [-0.39, 0.29) is 0 Å². The van der Waals surface area contributed by atoms with Crippen LogP contribution in [-0.4, -0.2) is 9.38 Å². The van der Waals surface area contributed by atoms with Crippen molar-refractivity contribution >= 4 is 38.4 Å². The maximum atomic E-state index is 5.24. The van der Waals surface area contributed by atoms with Crippen LogP contribution in [0.4, 0.5) is 0 Å². The number of benzene rings is 5. The molecule has 0 saturated carbocycles. The number of aromatic nitrogens is 2. The standard InChI is InChI=1S/C33H20N2/c1-2-8-22-19(7-1)16-28-24(22)14-13-20-15-21-17-31-29(18-27(21)32(20)28)34-33-26-11-4-3-9-23(26)25-10-5-6-12-30(25)35(31)33/h1-14,17-18H,15-16H2. The molecule has 0 aliphatic heterocycles. The van der Waals surface area contributed by atoms with E-state index in [0.29, 0.717) is 0 Å². The molecule has 0 unspecified atom stereocenters. The summed E-state index contributed by atoms with van der Waals surface area (Å²) in [6, 6.07) is 35.7. The third-order valence-corrected chi connectivity index (χ3v) is 8.21. The van der Waals surface area contributed by atoms with Crippen LogP contribution in [0, 0.1) is 0 Å². The van der Waals surface area contributed by atoms with E-state index < -0.39 is 0 Å². The molecule has 2 aromatic heterocycles. The van der Waals surface area contributed by atoms with E-state index in [1.807, 2.05) is 0 Å². The predicted molar refractivity (Wildman–Crippen MR) is 144 cm³/mol. The summed E-state index contributed by atoms with van der Waals surface area (Å²) in [4.78, 5) is 5.24. The van der Waals surface area contributed by atoms with Gasteiger partial charge in [0, 0.05) is 10.8 Å². The van der Waals surface area contributed by atoms with Crippen LogP contribution in [0.15, 0.2) is 97.1 Å². The first-order valence-electron chi connectivity index (χ1n) is 12.3. The number of nitrogens with zero attached hydrogens (tertiary/aromatic N) is 2. The lowest BCUT2D eigenvalue weighted by molar-refractivity contribution is 1.23. The van der Waals surface area contributed by atoms with Crippen molar-refractivity contribution in [2.45, 2.75) is 12.8 Å². The number of hydrogen-bond donors (Lipinski definition) is 0. The number of pyridine rings is 1. The van der Waals surface area contributed by atoms with Crippen molar-refractivity contribution in [3.8, 4) is 22.3 Å². The number of para-hydroxylation sites is 1. The zero-order valence-corrected chi connectivity index (χ0v) is 19.0. The Hall–Kier alpha value is -4.43. The minimum Gasteiger partial charge on any atom is -0.292 e. The number of fused-ring (bicyclic) bond motifs is 15. The molecule has 2 aliphatic rings. The van der Waals surface area contributed by atoms with Crippen molar-refractivity contribution in [3.05, 3.63) is 119 Å². The van der Waals surface area contributed by atoms with E-state index in [0.717, 1.165) is 24.0 Å². The molecule has 35 heavy (non-hydrogen) atoms. The third-order valence-electron chi connectivity index (χ3n) is 8.21. The molecule has 0 spiro atoms. The Kier molecular flexibility index (Phi) is 3.16. The third kappa shape index (κ3) is 2.18. The van der Waals surface area contributed by atoms with Crippen LogP contribution >= 0.6 is 0 Å². The molecular weight excluding hydrogens is 424 g/mol. The van der Waals surface area contributed by atoms with Crippen molar-refractivity contribution in [3.63, 3.8) is 0 Å². The van der Waals surface area contributed by atoms with Gasteiger partial charge in [-0.1, -0.05) is 78.9 Å². The molecule has 2 heterocycles. The van der Waals surface area contributed by atoms with Crippen LogP contribution in [0.2, 0.25) is 0 Å². The Balaban J connectivity index is 1.38. The molecule has 0 fully saturated rings. The SMILES string of the molecule is c1ccc2c(c1)Cc1c-2ccc2c1-c1cc3nc4c5ccccc5c5ccccc5n4c3cc1C2. The molecule has 162 valence electrons. The van der Waals surface area contributed by atoms with Crippen molar-refractivity contribution < 1.29 is 0 Å². The Morgan fingerprint density at radius 2 is 1.34 bits per heavy atom. The van der Waals surface area contributed by atoms with E-state index in [2.05, 4.69) is 101 Å². The Morgan fingerprint density at radius 3 is 2.29 bits per heavy atom. The summed E-state index contributed by atoms with van der Waals surface area (Å²) in [5, 5.41) is 3.74. The lowest BCUT2D eigenvalue weighted by Crippen LogP contribution is -1.91. The molecule has 7 aromatic rings. The van der Waals surface area contributed by atoms with E-state index in [9.17, 15) is 0 Å². The fraction of sp³-hybridized carbons (Fsp3) is 0.0606. The highest BCUT2D eigenvalue weighted by Crippen LogP contribution is 2.48. The summed E-state index contributed by atoms with van der Waals surface area (Å²) in [7, 11) is 0. The molecule has 0 saturated heterocycles. The lowest BCUT2D eigenvalue weighted by atomic mass is 9.95. The normalized spacial score (nSPS) is 13.5. The zero-order chi connectivity index (χ0) is 22.7. The topological polar surface area (TPSA) is 17.3 Å². The summed E-state index contributed by atoms with van der Waals surface area (Å²) in [6.45, 7) is 0. The summed E-state index contributed by atoms with van der Waals surface area (Å²) >= 11 is 0. The number of rotatable bonds is 0. The summed E-state index contributed by atoms with van der Waals surface area (Å²) in [5.41, 5.74) is 15.9. The van der Waals surface area contributed by atoms with Crippen molar-refractivity contribution in [1.29, 1.82) is 0 Å². The van der Waals surface area contributed by atoms with E-state index in [1.54, 1.807) is 0 Å². The molecule has 2 nitrogen and oxygen atoms in total. The van der Waals surface area contributed by atoms with Gasteiger partial charge in [0.1, 0.15) is 5.65 Å². The van der Waals surface area contributed by atoms with Crippen molar-refractivity contribution in [2.75, 3.05) is 0 Å². The van der Waals surface area contributed by atoms with Crippen molar-refractivity contribution in [1.82, 2.24) is 9.38 Å². The second-order valence-electron chi connectivity index (χ2n) is 9.97. The molecule has 5 aromatic carbocycles. The van der Waals surface area contributed by atoms with Gasteiger partial charge < -0.3 is 0 Å². The van der Waals surface area contributed by atoms with Gasteiger partial charge in [0.15, 0.2) is 0 Å². The van der Waals surface area contributed by atoms with Crippen LogP contribution in [0.3, 0.4) is 0 Å². The second kappa shape index (κ2) is 6.17. The lowest BCUT2D eigenvalue weighted by Gasteiger charge is -2.10. The van der Waals surface area contributed by atoms with Gasteiger partial charge in [-0.3, -0.25) is 4.40 Å². The number of imidazole rings is 1. The molecule has 0 N–H and O–H groups in total. The van der Waals surface area contributed by atoms with E-state index >= 15 is 0 Å². The second-order valence-corrected chi connectivity index (χ2v) is 9.97. The van der Waals surface area contributed by atoms with Gasteiger partial charge in [0.05, 0.1) is 16.6 Å². The Labute approximate surface area is 202 Å². The van der Waals surface area contributed by atoms with Gasteiger partial charge in [0.25, 0.3) is 0 Å². The molecule has 2 aliphatic carbocycles. The molecule has 0 amide bonds. The summed E-state index contributed by atoms with van der Waals surface area (Å²) in [6.07, 6.45) is 2.01. The average Bonchev–Trinajstić information content (AvgIpc) is 3.58. The number of hydrogen-bond acceptors (Lipinski definition) is 1. The van der Waals surface area contributed by atoms with Crippen LogP contribution in [0.25, 0.3) is 60.6 Å². The zero-order valence-electron chi connectivity index (χ0n) is 19.0. The van der Waals surface area contributed by atoms with Gasteiger partial charge >= 0.3 is 0 Å². The van der Waals surface area contributed by atoms with E-state index in [4.69, 9.17) is 4.98 Å². The van der Waals surface area contributed by atoms with Gasteiger partial charge in [-0.15, -0.1) is 0 Å². The first kappa shape index (κ1) is 18.0. The first-order chi connectivity index (χ1) is 17.3. The summed E-state index contributed by atoms with van der Waals surface area (Å²) in [5.74, 6) is 0. The maximum absolute atomic E-state index is 5.24. The minimum atomic E-state index is 0.989. The van der Waals surface area contributed by atoms with Gasteiger partial charge in [-0.05, 0) is 80.9 Å². The van der Waals surface area contributed by atoms with E-state index in [1.165, 1.54) is 71.7 Å². The molecular formula is C33H20N2. The smallest absolute Gasteiger partial charge is 0.146 e. The molecule has 9 rings (SSSR count). The van der Waals surface area contributed by atoms with Crippen LogP contribution in [0.5, 0.6) is 0 Å². The van der Waals surface area contributed by atoms with Crippen LogP contribution in [0.1, 0.15) is 22.3 Å². The molecule has 0 atom stereocenters. The monoisotopic (exact) mass is 444 g/mol. The van der Waals surface area contributed by atoms with Gasteiger partial charge in [-0.25, -0.2) is 4.98 Å². The van der Waals surface area contributed by atoms with Gasteiger partial charge in [-0.2, -0.15) is 0 Å².